The van der Waals surface area contributed by atoms with Gasteiger partial charge in [-0.25, -0.2) is 0 Å². The molecule has 0 aromatic heterocycles. The number of benzene rings is 1. The lowest BCUT2D eigenvalue weighted by Crippen LogP contribution is -2.35. The number of hydrogen-bond acceptors (Lipinski definition) is 1. The fraction of sp³-hybridized carbons (Fsp3) is 0.467. The summed E-state index contributed by atoms with van der Waals surface area (Å²) in [5, 5.41) is 10.7. The average molecular weight is 248 g/mol. The molecule has 1 nitrogen and oxygen atoms in total. The Morgan fingerprint density at radius 3 is 1.94 bits per heavy atom. The normalized spacial score (nSPS) is 11.5. The maximum absolute atomic E-state index is 9.17. The van der Waals surface area contributed by atoms with Gasteiger partial charge in [-0.1, -0.05) is 63.7 Å². The summed E-state index contributed by atoms with van der Waals surface area (Å²) in [5.74, 6) is 0.235. The lowest BCUT2D eigenvalue weighted by Gasteiger charge is -2.23. The first kappa shape index (κ1) is 14.0. The molecule has 0 fully saturated rings. The van der Waals surface area contributed by atoms with E-state index in [0.29, 0.717) is 6.42 Å². The highest BCUT2D eigenvalue weighted by molar-refractivity contribution is 6.75. The SMILES string of the molecule is C=C(O)Cc1ccc([SiH](C(C)C)C(C)C)cc1. The first-order valence-corrected chi connectivity index (χ1v) is 8.28. The van der Waals surface area contributed by atoms with Crippen LogP contribution >= 0.6 is 0 Å². The Balaban J connectivity index is 2.88. The van der Waals surface area contributed by atoms with E-state index in [9.17, 15) is 5.11 Å². The molecule has 1 aromatic carbocycles. The van der Waals surface area contributed by atoms with Gasteiger partial charge < -0.3 is 5.11 Å². The molecule has 17 heavy (non-hydrogen) atoms. The molecule has 0 aliphatic carbocycles. The van der Waals surface area contributed by atoms with Crippen molar-refractivity contribution >= 4 is 14.0 Å². The number of rotatable bonds is 5. The van der Waals surface area contributed by atoms with Crippen LogP contribution in [-0.2, 0) is 6.42 Å². The summed E-state index contributed by atoms with van der Waals surface area (Å²) in [6.07, 6.45) is 0.565. The van der Waals surface area contributed by atoms with Crippen LogP contribution in [0.4, 0.5) is 0 Å². The fourth-order valence-corrected chi connectivity index (χ4v) is 6.35. The van der Waals surface area contributed by atoms with Crippen LogP contribution in [0, 0.1) is 0 Å². The van der Waals surface area contributed by atoms with Crippen LogP contribution < -0.4 is 5.19 Å². The molecule has 0 amide bonds. The molecule has 0 aliphatic heterocycles. The second kappa shape index (κ2) is 6.06. The van der Waals surface area contributed by atoms with Crippen LogP contribution in [0.3, 0.4) is 0 Å². The quantitative estimate of drug-likeness (QED) is 0.624. The summed E-state index contributed by atoms with van der Waals surface area (Å²) in [7, 11) is -0.880. The highest BCUT2D eigenvalue weighted by Crippen LogP contribution is 2.20. The molecule has 0 unspecified atom stereocenters. The molecule has 1 rings (SSSR count). The number of hydrogen-bond donors (Lipinski definition) is 1. The van der Waals surface area contributed by atoms with Crippen molar-refractivity contribution in [3.63, 3.8) is 0 Å². The van der Waals surface area contributed by atoms with Gasteiger partial charge in [-0.2, -0.15) is 0 Å². The summed E-state index contributed by atoms with van der Waals surface area (Å²) < 4.78 is 0. The summed E-state index contributed by atoms with van der Waals surface area (Å²) in [6.45, 7) is 12.9. The molecule has 0 spiro atoms. The second-order valence-corrected chi connectivity index (χ2v) is 9.88. The minimum atomic E-state index is -0.880. The van der Waals surface area contributed by atoms with Gasteiger partial charge in [0.15, 0.2) is 0 Å². The number of aliphatic hydroxyl groups is 1. The molecule has 0 heterocycles. The zero-order valence-electron chi connectivity index (χ0n) is 11.4. The van der Waals surface area contributed by atoms with E-state index in [2.05, 4.69) is 58.5 Å². The largest absolute Gasteiger partial charge is 0.513 e. The van der Waals surface area contributed by atoms with Crippen molar-refractivity contribution in [3.05, 3.63) is 42.2 Å². The van der Waals surface area contributed by atoms with Crippen molar-refractivity contribution in [2.75, 3.05) is 0 Å². The molecule has 2 heteroatoms. The smallest absolute Gasteiger partial charge is 0.0894 e. The highest BCUT2D eigenvalue weighted by atomic mass is 28.3. The van der Waals surface area contributed by atoms with Crippen molar-refractivity contribution in [2.24, 2.45) is 0 Å². The van der Waals surface area contributed by atoms with Crippen molar-refractivity contribution in [1.82, 2.24) is 0 Å². The van der Waals surface area contributed by atoms with Crippen LogP contribution in [0.1, 0.15) is 33.3 Å². The molecule has 0 saturated carbocycles. The van der Waals surface area contributed by atoms with Crippen LogP contribution in [0.5, 0.6) is 0 Å². The molecule has 0 saturated heterocycles. The van der Waals surface area contributed by atoms with Crippen LogP contribution in [0.25, 0.3) is 0 Å². The third-order valence-corrected chi connectivity index (χ3v) is 7.24. The van der Waals surface area contributed by atoms with Crippen molar-refractivity contribution in [3.8, 4) is 0 Å². The van der Waals surface area contributed by atoms with Crippen molar-refractivity contribution in [2.45, 2.75) is 45.2 Å². The predicted octanol–water partition coefficient (Wildman–Crippen LogP) is 3.55. The molecule has 1 aromatic rings. The summed E-state index contributed by atoms with van der Waals surface area (Å²) >= 11 is 0. The molecular formula is C15H24OSi. The van der Waals surface area contributed by atoms with Crippen molar-refractivity contribution < 1.29 is 5.11 Å². The van der Waals surface area contributed by atoms with Gasteiger partial charge in [0.05, 0.1) is 14.6 Å². The number of allylic oxidation sites excluding steroid dienone is 1. The van der Waals surface area contributed by atoms with E-state index < -0.39 is 8.80 Å². The standard InChI is InChI=1S/C15H24OSi/c1-11(2)17(12(3)4)15-8-6-14(7-9-15)10-13(5)16/h6-9,11-12,16-17H,5,10H2,1-4H3. The maximum Gasteiger partial charge on any atom is 0.0894 e. The molecule has 0 aliphatic rings. The Morgan fingerprint density at radius 2 is 1.59 bits per heavy atom. The molecular weight excluding hydrogens is 224 g/mol. The van der Waals surface area contributed by atoms with Crippen LogP contribution in [0.15, 0.2) is 36.6 Å². The third kappa shape index (κ3) is 4.04. The minimum Gasteiger partial charge on any atom is -0.513 e. The number of aliphatic hydroxyl groups excluding tert-OH is 1. The predicted molar refractivity (Wildman–Crippen MR) is 78.9 cm³/mol. The highest BCUT2D eigenvalue weighted by Gasteiger charge is 2.21. The summed E-state index contributed by atoms with van der Waals surface area (Å²) in [5.41, 5.74) is 2.71. The van der Waals surface area contributed by atoms with E-state index in [1.165, 1.54) is 5.19 Å². The van der Waals surface area contributed by atoms with E-state index >= 15 is 0 Å². The molecule has 0 atom stereocenters. The Hall–Kier alpha value is -1.02. The van der Waals surface area contributed by atoms with Gasteiger partial charge in [0.25, 0.3) is 0 Å². The van der Waals surface area contributed by atoms with Gasteiger partial charge >= 0.3 is 0 Å². The Morgan fingerprint density at radius 1 is 1.12 bits per heavy atom. The monoisotopic (exact) mass is 248 g/mol. The topological polar surface area (TPSA) is 20.2 Å². The maximum atomic E-state index is 9.17. The van der Waals surface area contributed by atoms with Gasteiger partial charge in [-0.15, -0.1) is 0 Å². The summed E-state index contributed by atoms with van der Waals surface area (Å²) in [4.78, 5) is 0. The Kier molecular flexibility index (Phi) is 5.00. The second-order valence-electron chi connectivity index (χ2n) is 5.50. The molecule has 94 valence electrons. The van der Waals surface area contributed by atoms with Crippen molar-refractivity contribution in [1.29, 1.82) is 0 Å². The van der Waals surface area contributed by atoms with Crippen LogP contribution in [0.2, 0.25) is 11.1 Å². The van der Waals surface area contributed by atoms with Gasteiger partial charge in [0, 0.05) is 6.42 Å². The zero-order chi connectivity index (χ0) is 13.0. The van der Waals surface area contributed by atoms with Gasteiger partial charge in [-0.3, -0.25) is 0 Å². The van der Waals surface area contributed by atoms with Gasteiger partial charge in [-0.05, 0) is 16.6 Å². The molecule has 0 bridgehead atoms. The first-order chi connectivity index (χ1) is 7.91. The summed E-state index contributed by atoms with van der Waals surface area (Å²) in [6, 6.07) is 8.74. The average Bonchev–Trinajstić information content (AvgIpc) is 2.18. The Bertz CT molecular complexity index is 357. The van der Waals surface area contributed by atoms with E-state index in [0.717, 1.165) is 16.6 Å². The zero-order valence-corrected chi connectivity index (χ0v) is 12.6. The third-order valence-electron chi connectivity index (χ3n) is 3.21. The molecule has 0 radical (unpaired) electrons. The first-order valence-electron chi connectivity index (χ1n) is 6.37. The minimum absolute atomic E-state index is 0.235. The van der Waals surface area contributed by atoms with E-state index in [1.807, 2.05) is 0 Å². The van der Waals surface area contributed by atoms with E-state index in [1.54, 1.807) is 0 Å². The fourth-order valence-electron chi connectivity index (χ4n) is 2.63. The van der Waals surface area contributed by atoms with E-state index in [4.69, 9.17) is 0 Å². The van der Waals surface area contributed by atoms with Gasteiger partial charge in [0.2, 0.25) is 0 Å². The van der Waals surface area contributed by atoms with E-state index in [-0.39, 0.29) is 5.76 Å². The lowest BCUT2D eigenvalue weighted by atomic mass is 10.1. The molecule has 1 N–H and O–H groups in total. The van der Waals surface area contributed by atoms with Gasteiger partial charge in [0.1, 0.15) is 0 Å². The van der Waals surface area contributed by atoms with Crippen LogP contribution in [-0.4, -0.2) is 13.9 Å². The Labute approximate surface area is 107 Å². The lowest BCUT2D eigenvalue weighted by molar-refractivity contribution is 0.401.